The summed E-state index contributed by atoms with van der Waals surface area (Å²) in [6, 6.07) is 5.58. The van der Waals surface area contributed by atoms with E-state index in [1.165, 1.54) is 0 Å². The van der Waals surface area contributed by atoms with Crippen LogP contribution in [0.5, 0.6) is 17.2 Å². The molecular weight excluding hydrogens is 320 g/mol. The maximum absolute atomic E-state index is 11.9. The summed E-state index contributed by atoms with van der Waals surface area (Å²) in [5.41, 5.74) is 0. The Bertz CT molecular complexity index is 565. The molecule has 0 fully saturated rings. The number of benzene rings is 1. The van der Waals surface area contributed by atoms with Crippen molar-refractivity contribution in [1.82, 2.24) is 0 Å². The molecule has 0 unspecified atom stereocenters. The maximum Gasteiger partial charge on any atom is 0.231 e. The van der Waals surface area contributed by atoms with Gasteiger partial charge in [0, 0.05) is 18.9 Å². The van der Waals surface area contributed by atoms with E-state index in [0.29, 0.717) is 25.9 Å². The molecule has 0 amide bonds. The van der Waals surface area contributed by atoms with Crippen molar-refractivity contribution in [2.45, 2.75) is 58.8 Å². The van der Waals surface area contributed by atoms with Gasteiger partial charge < -0.3 is 14.2 Å². The van der Waals surface area contributed by atoms with Crippen LogP contribution in [-0.2, 0) is 9.59 Å². The Morgan fingerprint density at radius 2 is 1.68 bits per heavy atom. The highest BCUT2D eigenvalue weighted by Gasteiger charge is 2.22. The predicted molar refractivity (Wildman–Crippen MR) is 95.2 cm³/mol. The number of fused-ring (bicyclic) bond motifs is 1. The van der Waals surface area contributed by atoms with E-state index < -0.39 is 0 Å². The molecule has 138 valence electrons. The van der Waals surface area contributed by atoms with Gasteiger partial charge in [0.05, 0.1) is 12.5 Å². The van der Waals surface area contributed by atoms with E-state index in [1.807, 2.05) is 32.0 Å². The van der Waals surface area contributed by atoms with Gasteiger partial charge in [-0.25, -0.2) is 0 Å². The molecule has 1 aliphatic rings. The fourth-order valence-corrected chi connectivity index (χ4v) is 2.96. The minimum absolute atomic E-state index is 0.0815. The van der Waals surface area contributed by atoms with Gasteiger partial charge in [-0.2, -0.15) is 0 Å². The zero-order valence-corrected chi connectivity index (χ0v) is 15.2. The number of ketones is 2. The van der Waals surface area contributed by atoms with Crippen molar-refractivity contribution in [3.63, 3.8) is 0 Å². The summed E-state index contributed by atoms with van der Waals surface area (Å²) < 4.78 is 16.3. The average Bonchev–Trinajstić information content (AvgIpc) is 3.10. The molecule has 0 saturated carbocycles. The predicted octanol–water partition coefficient (Wildman–Crippen LogP) is 4.32. The molecule has 5 heteroatoms. The zero-order chi connectivity index (χ0) is 18.1. The van der Waals surface area contributed by atoms with Crippen molar-refractivity contribution in [2.24, 2.45) is 5.92 Å². The third-order valence-electron chi connectivity index (χ3n) is 4.47. The van der Waals surface area contributed by atoms with E-state index in [-0.39, 0.29) is 24.3 Å². The smallest absolute Gasteiger partial charge is 0.231 e. The average molecular weight is 348 g/mol. The first-order valence-corrected chi connectivity index (χ1v) is 9.23. The molecule has 1 aromatic carbocycles. The van der Waals surface area contributed by atoms with Crippen LogP contribution in [0, 0.1) is 5.92 Å². The Kier molecular flexibility index (Phi) is 7.76. The normalized spacial score (nSPS) is 12.4. The SMILES string of the molecule is CCC(=O)C(CCCCCCOc1ccc2c(c1)OCO2)C(=O)CC. The lowest BCUT2D eigenvalue weighted by Gasteiger charge is -2.13. The summed E-state index contributed by atoms with van der Waals surface area (Å²) in [6.07, 6.45) is 5.46. The second-order valence-corrected chi connectivity index (χ2v) is 6.26. The van der Waals surface area contributed by atoms with Gasteiger partial charge in [0.2, 0.25) is 6.79 Å². The van der Waals surface area contributed by atoms with Crippen LogP contribution in [0.25, 0.3) is 0 Å². The number of hydrogen-bond acceptors (Lipinski definition) is 5. The Labute approximate surface area is 149 Å². The standard InChI is InChI=1S/C20H28O5/c1-3-17(21)16(18(22)4-2)9-7-5-6-8-12-23-15-10-11-19-20(13-15)25-14-24-19/h10-11,13,16H,3-9,12,14H2,1-2H3. The fourth-order valence-electron chi connectivity index (χ4n) is 2.96. The number of unbranched alkanes of at least 4 members (excludes halogenated alkanes) is 3. The van der Waals surface area contributed by atoms with Crippen molar-refractivity contribution < 1.29 is 23.8 Å². The highest BCUT2D eigenvalue weighted by Crippen LogP contribution is 2.35. The number of ether oxygens (including phenoxy) is 3. The van der Waals surface area contributed by atoms with Crippen LogP contribution in [0.2, 0.25) is 0 Å². The molecule has 0 N–H and O–H groups in total. The van der Waals surface area contributed by atoms with Crippen LogP contribution in [0.15, 0.2) is 18.2 Å². The number of carbonyl (C=O) groups excluding carboxylic acids is 2. The summed E-state index contributed by atoms with van der Waals surface area (Å²) >= 11 is 0. The first-order valence-electron chi connectivity index (χ1n) is 9.23. The van der Waals surface area contributed by atoms with Crippen molar-refractivity contribution in [3.8, 4) is 17.2 Å². The molecule has 1 heterocycles. The molecule has 5 nitrogen and oxygen atoms in total. The molecule has 0 saturated heterocycles. The van der Waals surface area contributed by atoms with Crippen molar-refractivity contribution in [2.75, 3.05) is 13.4 Å². The molecule has 0 atom stereocenters. The summed E-state index contributed by atoms with van der Waals surface area (Å²) in [4.78, 5) is 23.7. The van der Waals surface area contributed by atoms with Gasteiger partial charge in [-0.3, -0.25) is 9.59 Å². The van der Waals surface area contributed by atoms with Gasteiger partial charge in [0.15, 0.2) is 11.5 Å². The van der Waals surface area contributed by atoms with E-state index in [9.17, 15) is 9.59 Å². The lowest BCUT2D eigenvalue weighted by Crippen LogP contribution is -2.22. The Balaban J connectivity index is 1.60. The van der Waals surface area contributed by atoms with Crippen LogP contribution in [-0.4, -0.2) is 25.0 Å². The Hall–Kier alpha value is -2.04. The van der Waals surface area contributed by atoms with Crippen LogP contribution >= 0.6 is 0 Å². The van der Waals surface area contributed by atoms with Crippen molar-refractivity contribution in [3.05, 3.63) is 18.2 Å². The van der Waals surface area contributed by atoms with Gasteiger partial charge in [-0.1, -0.05) is 33.1 Å². The third-order valence-corrected chi connectivity index (χ3v) is 4.47. The number of carbonyl (C=O) groups is 2. The van der Waals surface area contributed by atoms with E-state index in [4.69, 9.17) is 14.2 Å². The number of rotatable bonds is 12. The summed E-state index contributed by atoms with van der Waals surface area (Å²) in [7, 11) is 0. The quantitative estimate of drug-likeness (QED) is 0.416. The topological polar surface area (TPSA) is 61.8 Å². The lowest BCUT2D eigenvalue weighted by atomic mass is 9.90. The first-order chi connectivity index (χ1) is 12.2. The molecule has 1 aromatic rings. The van der Waals surface area contributed by atoms with Crippen LogP contribution in [0.3, 0.4) is 0 Å². The second-order valence-electron chi connectivity index (χ2n) is 6.26. The minimum atomic E-state index is -0.389. The molecule has 2 rings (SSSR count). The third kappa shape index (κ3) is 5.76. The van der Waals surface area contributed by atoms with Crippen LogP contribution in [0.1, 0.15) is 58.8 Å². The monoisotopic (exact) mass is 348 g/mol. The first kappa shape index (κ1) is 19.3. The second kappa shape index (κ2) is 10.1. The molecule has 0 aliphatic carbocycles. The Morgan fingerprint density at radius 1 is 1.00 bits per heavy atom. The Morgan fingerprint density at radius 3 is 2.40 bits per heavy atom. The fraction of sp³-hybridized carbons (Fsp3) is 0.600. The van der Waals surface area contributed by atoms with E-state index in [0.717, 1.165) is 42.9 Å². The van der Waals surface area contributed by atoms with Crippen molar-refractivity contribution >= 4 is 11.6 Å². The zero-order valence-electron chi connectivity index (χ0n) is 15.2. The van der Waals surface area contributed by atoms with E-state index in [2.05, 4.69) is 0 Å². The van der Waals surface area contributed by atoms with Gasteiger partial charge in [-0.15, -0.1) is 0 Å². The largest absolute Gasteiger partial charge is 0.493 e. The minimum Gasteiger partial charge on any atom is -0.493 e. The van der Waals surface area contributed by atoms with Gasteiger partial charge in [-0.05, 0) is 25.0 Å². The van der Waals surface area contributed by atoms with Gasteiger partial charge in [0.25, 0.3) is 0 Å². The number of Topliss-reactive ketones (excluding diaryl/α,β-unsaturated/α-hetero) is 2. The highest BCUT2D eigenvalue weighted by atomic mass is 16.7. The number of hydrogen-bond donors (Lipinski definition) is 0. The van der Waals surface area contributed by atoms with Crippen LogP contribution < -0.4 is 14.2 Å². The molecular formula is C20H28O5. The molecule has 0 bridgehead atoms. The summed E-state index contributed by atoms with van der Waals surface area (Å²) in [6.45, 7) is 4.56. The van der Waals surface area contributed by atoms with E-state index >= 15 is 0 Å². The molecule has 0 spiro atoms. The maximum atomic E-state index is 11.9. The highest BCUT2D eigenvalue weighted by molar-refractivity contribution is 6.02. The summed E-state index contributed by atoms with van der Waals surface area (Å²) in [5.74, 6) is 2.04. The molecule has 1 aliphatic heterocycles. The van der Waals surface area contributed by atoms with Crippen LogP contribution in [0.4, 0.5) is 0 Å². The summed E-state index contributed by atoms with van der Waals surface area (Å²) in [5, 5.41) is 0. The molecule has 25 heavy (non-hydrogen) atoms. The van der Waals surface area contributed by atoms with Crippen molar-refractivity contribution in [1.29, 1.82) is 0 Å². The van der Waals surface area contributed by atoms with E-state index in [1.54, 1.807) is 0 Å². The van der Waals surface area contributed by atoms with Gasteiger partial charge >= 0.3 is 0 Å². The lowest BCUT2D eigenvalue weighted by molar-refractivity contribution is -0.132. The molecule has 0 radical (unpaired) electrons. The van der Waals surface area contributed by atoms with Gasteiger partial charge in [0.1, 0.15) is 17.3 Å². The molecule has 0 aromatic heterocycles.